The predicted molar refractivity (Wildman–Crippen MR) is 154 cm³/mol. The average molecular weight is 487 g/mol. The molecule has 0 fully saturated rings. The van der Waals surface area contributed by atoms with Crippen LogP contribution in [0.25, 0.3) is 21.5 Å². The minimum absolute atomic E-state index is 0.629. The van der Waals surface area contributed by atoms with E-state index in [0.717, 1.165) is 46.5 Å². The molecule has 4 aromatic carbocycles. The highest BCUT2D eigenvalue weighted by atomic mass is 32.2. The normalized spacial score (nSPS) is 12.5. The standard InChI is InChI=1S/C28H30N4S2/c29-27(31-25-17-9-13-21-11-3-5-15-23(21)25)33-19-7-1-2-8-20-34-28(30)32-26-18-10-14-22-12-4-6-16-24(22)26/h3-6,9-18H,1-2,7-8,19-20H2,(H2,29,31)(H2,30,32). The van der Waals surface area contributed by atoms with Crippen molar-refractivity contribution in [3.8, 4) is 0 Å². The van der Waals surface area contributed by atoms with Crippen molar-refractivity contribution < 1.29 is 0 Å². The fourth-order valence-electron chi connectivity index (χ4n) is 3.82. The van der Waals surface area contributed by atoms with Gasteiger partial charge in [-0.15, -0.1) is 0 Å². The number of amidine groups is 2. The van der Waals surface area contributed by atoms with Gasteiger partial charge in [0.25, 0.3) is 0 Å². The summed E-state index contributed by atoms with van der Waals surface area (Å²) in [5.41, 5.74) is 14.2. The first kappa shape index (κ1) is 24.2. The van der Waals surface area contributed by atoms with Gasteiger partial charge < -0.3 is 11.5 Å². The molecule has 0 aliphatic carbocycles. The maximum absolute atomic E-state index is 6.17. The number of hydrogen-bond donors (Lipinski definition) is 2. The highest BCUT2D eigenvalue weighted by Crippen LogP contribution is 2.27. The number of thioether (sulfide) groups is 2. The molecular formula is C28H30N4S2. The van der Waals surface area contributed by atoms with E-state index < -0.39 is 0 Å². The van der Waals surface area contributed by atoms with Crippen molar-refractivity contribution in [3.63, 3.8) is 0 Å². The summed E-state index contributed by atoms with van der Waals surface area (Å²) in [7, 11) is 0. The van der Waals surface area contributed by atoms with Crippen LogP contribution < -0.4 is 11.5 Å². The third kappa shape index (κ3) is 6.78. The van der Waals surface area contributed by atoms with Crippen molar-refractivity contribution in [1.29, 1.82) is 0 Å². The maximum atomic E-state index is 6.17. The maximum Gasteiger partial charge on any atom is 0.159 e. The van der Waals surface area contributed by atoms with Gasteiger partial charge in [0.15, 0.2) is 10.3 Å². The minimum Gasteiger partial charge on any atom is -0.378 e. The van der Waals surface area contributed by atoms with Crippen LogP contribution in [0.2, 0.25) is 0 Å². The van der Waals surface area contributed by atoms with E-state index in [1.54, 1.807) is 23.5 Å². The molecule has 0 radical (unpaired) electrons. The first-order valence-corrected chi connectivity index (χ1v) is 13.6. The van der Waals surface area contributed by atoms with Crippen LogP contribution in [0.3, 0.4) is 0 Å². The largest absolute Gasteiger partial charge is 0.378 e. The van der Waals surface area contributed by atoms with Gasteiger partial charge in [-0.1, -0.05) is 109 Å². The quantitative estimate of drug-likeness (QED) is 0.145. The lowest BCUT2D eigenvalue weighted by atomic mass is 10.1. The van der Waals surface area contributed by atoms with Crippen LogP contribution in [0.1, 0.15) is 25.7 Å². The molecule has 4 aromatic rings. The number of benzene rings is 4. The van der Waals surface area contributed by atoms with E-state index in [9.17, 15) is 0 Å². The van der Waals surface area contributed by atoms with Gasteiger partial charge in [-0.25, -0.2) is 9.98 Å². The molecular weight excluding hydrogens is 456 g/mol. The second-order valence-electron chi connectivity index (χ2n) is 8.01. The van der Waals surface area contributed by atoms with Crippen LogP contribution in [0, 0.1) is 0 Å². The van der Waals surface area contributed by atoms with Gasteiger partial charge in [-0.3, -0.25) is 0 Å². The van der Waals surface area contributed by atoms with Crippen LogP contribution in [0.5, 0.6) is 0 Å². The summed E-state index contributed by atoms with van der Waals surface area (Å²) in [5.74, 6) is 1.97. The lowest BCUT2D eigenvalue weighted by molar-refractivity contribution is 0.712. The zero-order valence-electron chi connectivity index (χ0n) is 19.2. The lowest BCUT2D eigenvalue weighted by Gasteiger charge is -2.05. The van der Waals surface area contributed by atoms with E-state index in [4.69, 9.17) is 11.5 Å². The Morgan fingerprint density at radius 1 is 0.529 bits per heavy atom. The van der Waals surface area contributed by atoms with E-state index >= 15 is 0 Å². The van der Waals surface area contributed by atoms with Gasteiger partial charge in [-0.05, 0) is 35.7 Å². The Labute approximate surface area is 209 Å². The highest BCUT2D eigenvalue weighted by molar-refractivity contribution is 8.14. The molecule has 4 rings (SSSR count). The Balaban J connectivity index is 1.14. The Bertz CT molecular complexity index is 1190. The molecule has 4 nitrogen and oxygen atoms in total. The molecule has 0 bridgehead atoms. The SMILES string of the molecule is NC(=Nc1cccc2ccccc12)SCCCCCCSC(N)=Nc1cccc2ccccc12. The number of rotatable bonds is 9. The van der Waals surface area contributed by atoms with Crippen molar-refractivity contribution in [2.24, 2.45) is 21.5 Å². The number of nitrogens with two attached hydrogens (primary N) is 2. The van der Waals surface area contributed by atoms with Crippen LogP contribution in [0.4, 0.5) is 11.4 Å². The van der Waals surface area contributed by atoms with E-state index in [1.165, 1.54) is 23.6 Å². The van der Waals surface area contributed by atoms with Crippen LogP contribution in [-0.2, 0) is 0 Å². The lowest BCUT2D eigenvalue weighted by Crippen LogP contribution is -2.07. The monoisotopic (exact) mass is 486 g/mol. The third-order valence-corrected chi connectivity index (χ3v) is 7.29. The molecule has 0 atom stereocenters. The van der Waals surface area contributed by atoms with Gasteiger partial charge >= 0.3 is 0 Å². The third-order valence-electron chi connectivity index (χ3n) is 5.53. The Morgan fingerprint density at radius 3 is 1.41 bits per heavy atom. The van der Waals surface area contributed by atoms with Crippen LogP contribution >= 0.6 is 23.5 Å². The number of aliphatic imine (C=N–C) groups is 2. The minimum atomic E-state index is 0.629. The summed E-state index contributed by atoms with van der Waals surface area (Å²) in [6, 6.07) is 28.8. The van der Waals surface area contributed by atoms with Crippen molar-refractivity contribution >= 4 is 66.8 Å². The average Bonchev–Trinajstić information content (AvgIpc) is 2.86. The molecule has 4 N–H and O–H groups in total. The van der Waals surface area contributed by atoms with E-state index in [-0.39, 0.29) is 0 Å². The first-order chi connectivity index (χ1) is 16.7. The molecule has 0 aromatic heterocycles. The molecule has 0 spiro atoms. The molecule has 0 aliphatic rings. The fourth-order valence-corrected chi connectivity index (χ4v) is 5.27. The summed E-state index contributed by atoms with van der Waals surface area (Å²) in [6.45, 7) is 0. The zero-order chi connectivity index (χ0) is 23.6. The number of nitrogens with zero attached hydrogens (tertiary/aromatic N) is 2. The number of fused-ring (bicyclic) bond motifs is 2. The number of unbranched alkanes of at least 4 members (excludes halogenated alkanes) is 3. The zero-order valence-corrected chi connectivity index (χ0v) is 20.8. The summed E-state index contributed by atoms with van der Waals surface area (Å²) < 4.78 is 0. The molecule has 0 saturated carbocycles. The van der Waals surface area contributed by atoms with E-state index in [2.05, 4.69) is 46.4 Å². The van der Waals surface area contributed by atoms with E-state index in [0.29, 0.717) is 10.3 Å². The molecule has 34 heavy (non-hydrogen) atoms. The van der Waals surface area contributed by atoms with Crippen molar-refractivity contribution in [2.75, 3.05) is 11.5 Å². The Morgan fingerprint density at radius 2 is 0.941 bits per heavy atom. The predicted octanol–water partition coefficient (Wildman–Crippen LogP) is 7.61. The Kier molecular flexibility index (Phi) is 8.88. The van der Waals surface area contributed by atoms with Crippen molar-refractivity contribution in [1.82, 2.24) is 0 Å². The van der Waals surface area contributed by atoms with Gasteiger partial charge in [-0.2, -0.15) is 0 Å². The molecule has 0 heterocycles. The fraction of sp³-hybridized carbons (Fsp3) is 0.214. The highest BCUT2D eigenvalue weighted by Gasteiger charge is 2.03. The van der Waals surface area contributed by atoms with Crippen LogP contribution in [-0.4, -0.2) is 21.8 Å². The molecule has 174 valence electrons. The number of hydrogen-bond acceptors (Lipinski definition) is 4. The molecule has 0 saturated heterocycles. The summed E-state index contributed by atoms with van der Waals surface area (Å²) in [4.78, 5) is 9.27. The second-order valence-corrected chi connectivity index (χ2v) is 10.2. The van der Waals surface area contributed by atoms with Gasteiger partial charge in [0.1, 0.15) is 0 Å². The molecule has 0 amide bonds. The summed E-state index contributed by atoms with van der Waals surface area (Å²) in [6.07, 6.45) is 4.60. The van der Waals surface area contributed by atoms with Gasteiger partial charge in [0.05, 0.1) is 11.4 Å². The topological polar surface area (TPSA) is 76.8 Å². The van der Waals surface area contributed by atoms with Crippen molar-refractivity contribution in [3.05, 3.63) is 84.9 Å². The summed E-state index contributed by atoms with van der Waals surface area (Å²) >= 11 is 3.27. The second kappa shape index (κ2) is 12.5. The van der Waals surface area contributed by atoms with Crippen molar-refractivity contribution in [2.45, 2.75) is 25.7 Å². The molecule has 0 unspecified atom stereocenters. The summed E-state index contributed by atoms with van der Waals surface area (Å²) in [5, 5.41) is 5.89. The molecule has 0 aliphatic heterocycles. The van der Waals surface area contributed by atoms with Gasteiger partial charge in [0, 0.05) is 22.3 Å². The van der Waals surface area contributed by atoms with E-state index in [1.807, 2.05) is 48.5 Å². The first-order valence-electron chi connectivity index (χ1n) is 11.6. The molecule has 6 heteroatoms. The Hall–Kier alpha value is -2.96. The van der Waals surface area contributed by atoms with Crippen LogP contribution in [0.15, 0.2) is 94.9 Å². The smallest absolute Gasteiger partial charge is 0.159 e. The van der Waals surface area contributed by atoms with Gasteiger partial charge in [0.2, 0.25) is 0 Å².